The van der Waals surface area contributed by atoms with Gasteiger partial charge in [0, 0.05) is 31.5 Å². The van der Waals surface area contributed by atoms with Crippen molar-refractivity contribution in [1.82, 2.24) is 25.4 Å². The highest BCUT2D eigenvalue weighted by molar-refractivity contribution is 5.73. The number of benzene rings is 1. The summed E-state index contributed by atoms with van der Waals surface area (Å²) in [6, 6.07) is 11.4. The summed E-state index contributed by atoms with van der Waals surface area (Å²) in [7, 11) is 1.86. The molecule has 6 nitrogen and oxygen atoms in total. The fraction of sp³-hybridized carbons (Fsp3) is 0.167. The summed E-state index contributed by atoms with van der Waals surface area (Å²) in [6.07, 6.45) is 3.45. The standard InChI is InChI=1S/C18H18FN5O/c1-24-17(14-6-8-20-9-7-14)10-16(23-24)12-22-18(25)21-11-13-2-4-15(19)5-3-13/h2-10H,11-12H2,1H3,(H2,21,22,25). The van der Waals surface area contributed by atoms with Gasteiger partial charge in [-0.25, -0.2) is 9.18 Å². The van der Waals surface area contributed by atoms with Crippen LogP contribution >= 0.6 is 0 Å². The molecule has 0 aliphatic carbocycles. The van der Waals surface area contributed by atoms with E-state index in [9.17, 15) is 9.18 Å². The Morgan fingerprint density at radius 2 is 1.76 bits per heavy atom. The van der Waals surface area contributed by atoms with Crippen molar-refractivity contribution in [3.63, 3.8) is 0 Å². The summed E-state index contributed by atoms with van der Waals surface area (Å²) in [5.41, 5.74) is 3.54. The Morgan fingerprint density at radius 3 is 2.48 bits per heavy atom. The Morgan fingerprint density at radius 1 is 1.08 bits per heavy atom. The van der Waals surface area contributed by atoms with Crippen molar-refractivity contribution in [3.05, 3.63) is 71.9 Å². The van der Waals surface area contributed by atoms with Crippen molar-refractivity contribution >= 4 is 6.03 Å². The molecule has 0 fully saturated rings. The van der Waals surface area contributed by atoms with Crippen molar-refractivity contribution in [2.45, 2.75) is 13.1 Å². The van der Waals surface area contributed by atoms with Crippen LogP contribution in [0.1, 0.15) is 11.3 Å². The number of nitrogens with zero attached hydrogens (tertiary/aromatic N) is 3. The van der Waals surface area contributed by atoms with Gasteiger partial charge in [-0.15, -0.1) is 0 Å². The molecule has 0 aliphatic rings. The Kier molecular flexibility index (Phi) is 5.03. The van der Waals surface area contributed by atoms with Gasteiger partial charge in [0.25, 0.3) is 0 Å². The number of urea groups is 1. The average Bonchev–Trinajstić information content (AvgIpc) is 3.01. The van der Waals surface area contributed by atoms with Crippen molar-refractivity contribution < 1.29 is 9.18 Å². The van der Waals surface area contributed by atoms with Crippen LogP contribution in [0, 0.1) is 5.82 Å². The van der Waals surface area contributed by atoms with Crippen LogP contribution in [0.3, 0.4) is 0 Å². The number of rotatable bonds is 5. The van der Waals surface area contributed by atoms with E-state index >= 15 is 0 Å². The number of nitrogens with one attached hydrogen (secondary N) is 2. The third-order valence-corrected chi connectivity index (χ3v) is 3.70. The number of pyridine rings is 1. The summed E-state index contributed by atoms with van der Waals surface area (Å²) in [4.78, 5) is 15.9. The van der Waals surface area contributed by atoms with Gasteiger partial charge in [-0.3, -0.25) is 9.67 Å². The molecule has 0 saturated carbocycles. The third-order valence-electron chi connectivity index (χ3n) is 3.70. The van der Waals surface area contributed by atoms with E-state index in [1.54, 1.807) is 29.2 Å². The summed E-state index contributed by atoms with van der Waals surface area (Å²) in [5, 5.41) is 9.89. The number of hydrogen-bond acceptors (Lipinski definition) is 3. The Hall–Kier alpha value is -3.22. The van der Waals surface area contributed by atoms with E-state index in [1.807, 2.05) is 25.2 Å². The first-order valence-corrected chi connectivity index (χ1v) is 7.81. The lowest BCUT2D eigenvalue weighted by molar-refractivity contribution is 0.240. The Bertz CT molecular complexity index is 846. The molecule has 0 spiro atoms. The lowest BCUT2D eigenvalue weighted by Crippen LogP contribution is -2.34. The summed E-state index contributed by atoms with van der Waals surface area (Å²) in [6.45, 7) is 0.644. The Labute approximate surface area is 144 Å². The van der Waals surface area contributed by atoms with Gasteiger partial charge in [-0.2, -0.15) is 5.10 Å². The topological polar surface area (TPSA) is 71.8 Å². The molecular weight excluding hydrogens is 321 g/mol. The van der Waals surface area contributed by atoms with Gasteiger partial charge in [0.05, 0.1) is 17.9 Å². The summed E-state index contributed by atoms with van der Waals surface area (Å²) in [5.74, 6) is -0.298. The molecular formula is C18H18FN5O. The molecule has 3 rings (SSSR count). The van der Waals surface area contributed by atoms with Gasteiger partial charge in [0.1, 0.15) is 5.82 Å². The van der Waals surface area contributed by atoms with E-state index in [0.717, 1.165) is 22.5 Å². The second-order valence-electron chi connectivity index (χ2n) is 5.54. The van der Waals surface area contributed by atoms with Gasteiger partial charge in [0.2, 0.25) is 0 Å². The maximum Gasteiger partial charge on any atom is 0.315 e. The lowest BCUT2D eigenvalue weighted by atomic mass is 10.2. The third kappa shape index (κ3) is 4.41. The van der Waals surface area contributed by atoms with Crippen LogP contribution in [0.15, 0.2) is 54.9 Å². The van der Waals surface area contributed by atoms with Crippen molar-refractivity contribution in [2.75, 3.05) is 0 Å². The molecule has 0 aliphatic heterocycles. The monoisotopic (exact) mass is 339 g/mol. The number of halogens is 1. The fourth-order valence-electron chi connectivity index (χ4n) is 2.42. The predicted octanol–water partition coefficient (Wildman–Crippen LogP) is 2.62. The van der Waals surface area contributed by atoms with E-state index in [2.05, 4.69) is 20.7 Å². The van der Waals surface area contributed by atoms with Crippen LogP contribution in [0.4, 0.5) is 9.18 Å². The van der Waals surface area contributed by atoms with Gasteiger partial charge < -0.3 is 10.6 Å². The normalized spacial score (nSPS) is 10.5. The minimum absolute atomic E-state index is 0.298. The predicted molar refractivity (Wildman–Crippen MR) is 91.9 cm³/mol. The highest BCUT2D eigenvalue weighted by Gasteiger charge is 2.08. The number of carbonyl (C=O) groups is 1. The SMILES string of the molecule is Cn1nc(CNC(=O)NCc2ccc(F)cc2)cc1-c1ccncc1. The first kappa shape index (κ1) is 16.6. The zero-order valence-electron chi connectivity index (χ0n) is 13.7. The maximum atomic E-state index is 12.8. The first-order chi connectivity index (χ1) is 12.1. The van der Waals surface area contributed by atoms with Crippen LogP contribution in [0.5, 0.6) is 0 Å². The lowest BCUT2D eigenvalue weighted by Gasteiger charge is -2.06. The van der Waals surface area contributed by atoms with E-state index in [-0.39, 0.29) is 11.8 Å². The molecule has 2 aromatic heterocycles. The molecule has 25 heavy (non-hydrogen) atoms. The molecule has 0 radical (unpaired) electrons. The number of aryl methyl sites for hydroxylation is 1. The largest absolute Gasteiger partial charge is 0.334 e. The van der Waals surface area contributed by atoms with E-state index < -0.39 is 0 Å². The number of hydrogen-bond donors (Lipinski definition) is 2. The number of aromatic nitrogens is 3. The average molecular weight is 339 g/mol. The molecule has 7 heteroatoms. The number of amides is 2. The second-order valence-corrected chi connectivity index (χ2v) is 5.54. The van der Waals surface area contributed by atoms with Gasteiger partial charge >= 0.3 is 6.03 Å². The maximum absolute atomic E-state index is 12.8. The van der Waals surface area contributed by atoms with Gasteiger partial charge in [-0.05, 0) is 35.9 Å². The Balaban J connectivity index is 1.53. The molecule has 0 atom stereocenters. The van der Waals surface area contributed by atoms with Crippen LogP contribution in [0.2, 0.25) is 0 Å². The van der Waals surface area contributed by atoms with Crippen LogP contribution in [0.25, 0.3) is 11.3 Å². The zero-order chi connectivity index (χ0) is 17.6. The highest BCUT2D eigenvalue weighted by Crippen LogP contribution is 2.18. The minimum Gasteiger partial charge on any atom is -0.334 e. The molecule has 0 unspecified atom stereocenters. The van der Waals surface area contributed by atoms with Crippen LogP contribution in [-0.2, 0) is 20.1 Å². The quantitative estimate of drug-likeness (QED) is 0.750. The second kappa shape index (κ2) is 7.57. The first-order valence-electron chi connectivity index (χ1n) is 7.81. The number of carbonyl (C=O) groups excluding carboxylic acids is 1. The fourth-order valence-corrected chi connectivity index (χ4v) is 2.42. The molecule has 128 valence electrons. The zero-order valence-corrected chi connectivity index (χ0v) is 13.7. The minimum atomic E-state index is -0.305. The highest BCUT2D eigenvalue weighted by atomic mass is 19.1. The molecule has 2 amide bonds. The summed E-state index contributed by atoms with van der Waals surface area (Å²) < 4.78 is 14.6. The van der Waals surface area contributed by atoms with E-state index in [0.29, 0.717) is 13.1 Å². The molecule has 1 aromatic carbocycles. The molecule has 2 heterocycles. The summed E-state index contributed by atoms with van der Waals surface area (Å²) >= 11 is 0. The molecule has 0 bridgehead atoms. The smallest absolute Gasteiger partial charge is 0.315 e. The van der Waals surface area contributed by atoms with Crippen molar-refractivity contribution in [1.29, 1.82) is 0 Å². The van der Waals surface area contributed by atoms with E-state index in [1.165, 1.54) is 12.1 Å². The van der Waals surface area contributed by atoms with Crippen molar-refractivity contribution in [3.8, 4) is 11.3 Å². The van der Waals surface area contributed by atoms with Gasteiger partial charge in [0.15, 0.2) is 0 Å². The molecule has 3 aromatic rings. The van der Waals surface area contributed by atoms with Crippen molar-refractivity contribution in [2.24, 2.45) is 7.05 Å². The van der Waals surface area contributed by atoms with Crippen LogP contribution < -0.4 is 10.6 Å². The van der Waals surface area contributed by atoms with Gasteiger partial charge in [-0.1, -0.05) is 12.1 Å². The molecule has 0 saturated heterocycles. The molecule has 2 N–H and O–H groups in total. The van der Waals surface area contributed by atoms with E-state index in [4.69, 9.17) is 0 Å². The van der Waals surface area contributed by atoms with Crippen LogP contribution in [-0.4, -0.2) is 20.8 Å².